The van der Waals surface area contributed by atoms with Crippen LogP contribution in [0.25, 0.3) is 0 Å². The van der Waals surface area contributed by atoms with Gasteiger partial charge in [0, 0.05) is 19.5 Å². The van der Waals surface area contributed by atoms with Gasteiger partial charge in [0.1, 0.15) is 0 Å². The standard InChI is InChI=1S/C19H38N2O3.ClH/c1-2-3-4-5-6-7-8-9-10-11-12-13-16-20-19(24)21-17-14-15-18(22)23;/h2-17H2,1H3,(H,22,23)(H2,20,21,24);1H. The van der Waals surface area contributed by atoms with Crippen molar-refractivity contribution in [3.63, 3.8) is 0 Å². The highest BCUT2D eigenvalue weighted by Crippen LogP contribution is 2.11. The molecule has 3 N–H and O–H groups in total. The van der Waals surface area contributed by atoms with Crippen LogP contribution in [0.1, 0.15) is 96.8 Å². The van der Waals surface area contributed by atoms with Crippen molar-refractivity contribution < 1.29 is 14.7 Å². The first-order chi connectivity index (χ1) is 11.7. The molecular formula is C19H39ClN2O3. The van der Waals surface area contributed by atoms with Crippen molar-refractivity contribution in [3.05, 3.63) is 0 Å². The number of nitrogens with one attached hydrogen (secondary N) is 2. The largest absolute Gasteiger partial charge is 0.481 e. The molecule has 150 valence electrons. The van der Waals surface area contributed by atoms with E-state index < -0.39 is 5.97 Å². The summed E-state index contributed by atoms with van der Waals surface area (Å²) in [7, 11) is 0. The minimum Gasteiger partial charge on any atom is -0.481 e. The first-order valence-corrected chi connectivity index (χ1v) is 9.90. The van der Waals surface area contributed by atoms with E-state index in [9.17, 15) is 9.59 Å². The van der Waals surface area contributed by atoms with E-state index in [1.165, 1.54) is 64.2 Å². The van der Waals surface area contributed by atoms with Gasteiger partial charge in [-0.15, -0.1) is 12.4 Å². The molecule has 0 unspecified atom stereocenters. The molecule has 0 spiro atoms. The van der Waals surface area contributed by atoms with Crippen LogP contribution in [-0.2, 0) is 4.79 Å². The van der Waals surface area contributed by atoms with Crippen LogP contribution in [0.4, 0.5) is 4.79 Å². The van der Waals surface area contributed by atoms with Crippen LogP contribution in [0, 0.1) is 0 Å². The summed E-state index contributed by atoms with van der Waals surface area (Å²) in [5.41, 5.74) is 0. The number of carboxylic acids is 1. The fourth-order valence-electron chi connectivity index (χ4n) is 2.67. The Hall–Kier alpha value is -0.970. The lowest BCUT2D eigenvalue weighted by Crippen LogP contribution is -2.36. The summed E-state index contributed by atoms with van der Waals surface area (Å²) in [6.07, 6.45) is 16.3. The maximum absolute atomic E-state index is 11.4. The van der Waals surface area contributed by atoms with Crippen LogP contribution in [0.5, 0.6) is 0 Å². The van der Waals surface area contributed by atoms with E-state index in [0.29, 0.717) is 19.5 Å². The number of unbranched alkanes of at least 4 members (excludes halogenated alkanes) is 11. The van der Waals surface area contributed by atoms with Gasteiger partial charge < -0.3 is 15.7 Å². The van der Waals surface area contributed by atoms with E-state index in [2.05, 4.69) is 17.6 Å². The molecule has 0 saturated carbocycles. The highest BCUT2D eigenvalue weighted by Gasteiger charge is 2.00. The number of hydrogen-bond acceptors (Lipinski definition) is 2. The van der Waals surface area contributed by atoms with Gasteiger partial charge in [-0.1, -0.05) is 77.6 Å². The zero-order chi connectivity index (χ0) is 17.9. The van der Waals surface area contributed by atoms with Crippen LogP contribution in [0.15, 0.2) is 0 Å². The molecule has 0 heterocycles. The van der Waals surface area contributed by atoms with Crippen LogP contribution >= 0.6 is 12.4 Å². The lowest BCUT2D eigenvalue weighted by atomic mass is 10.1. The Bertz CT molecular complexity index is 315. The van der Waals surface area contributed by atoms with Crippen molar-refractivity contribution in [2.24, 2.45) is 0 Å². The summed E-state index contributed by atoms with van der Waals surface area (Å²) >= 11 is 0. The van der Waals surface area contributed by atoms with Gasteiger partial charge >= 0.3 is 12.0 Å². The molecular weight excluding hydrogens is 340 g/mol. The van der Waals surface area contributed by atoms with Crippen LogP contribution < -0.4 is 10.6 Å². The smallest absolute Gasteiger partial charge is 0.314 e. The molecule has 0 fully saturated rings. The van der Waals surface area contributed by atoms with E-state index in [4.69, 9.17) is 5.11 Å². The predicted molar refractivity (Wildman–Crippen MR) is 107 cm³/mol. The molecule has 0 atom stereocenters. The summed E-state index contributed by atoms with van der Waals surface area (Å²) < 4.78 is 0. The minimum atomic E-state index is -0.825. The average Bonchev–Trinajstić information content (AvgIpc) is 2.55. The summed E-state index contributed by atoms with van der Waals surface area (Å²) in [4.78, 5) is 21.7. The highest BCUT2D eigenvalue weighted by atomic mass is 35.5. The summed E-state index contributed by atoms with van der Waals surface area (Å²) in [5, 5.41) is 14.0. The number of hydrogen-bond donors (Lipinski definition) is 3. The highest BCUT2D eigenvalue weighted by molar-refractivity contribution is 5.85. The Balaban J connectivity index is 0. The topological polar surface area (TPSA) is 78.4 Å². The van der Waals surface area contributed by atoms with Gasteiger partial charge in [0.25, 0.3) is 0 Å². The third-order valence-electron chi connectivity index (χ3n) is 4.17. The fraction of sp³-hybridized carbons (Fsp3) is 0.895. The summed E-state index contributed by atoms with van der Waals surface area (Å²) in [5.74, 6) is -0.825. The number of rotatable bonds is 17. The molecule has 0 radical (unpaired) electrons. The molecule has 0 aromatic rings. The van der Waals surface area contributed by atoms with E-state index in [1.807, 2.05) is 0 Å². The van der Waals surface area contributed by atoms with Crippen LogP contribution in [0.2, 0.25) is 0 Å². The second-order valence-corrected chi connectivity index (χ2v) is 6.57. The number of halogens is 1. The molecule has 2 amide bonds. The minimum absolute atomic E-state index is 0. The van der Waals surface area contributed by atoms with Crippen molar-refractivity contribution in [1.82, 2.24) is 10.6 Å². The number of carbonyl (C=O) groups excluding carboxylic acids is 1. The number of aliphatic carboxylic acids is 1. The Morgan fingerprint density at radius 2 is 1.08 bits per heavy atom. The maximum Gasteiger partial charge on any atom is 0.314 e. The second-order valence-electron chi connectivity index (χ2n) is 6.57. The monoisotopic (exact) mass is 378 g/mol. The van der Waals surface area contributed by atoms with E-state index >= 15 is 0 Å². The third-order valence-corrected chi connectivity index (χ3v) is 4.17. The third kappa shape index (κ3) is 23.0. The number of amides is 2. The fourth-order valence-corrected chi connectivity index (χ4v) is 2.67. The molecule has 0 bridgehead atoms. The molecule has 0 aromatic carbocycles. The zero-order valence-corrected chi connectivity index (χ0v) is 16.8. The Labute approximate surface area is 160 Å². The molecule has 0 aliphatic heterocycles. The molecule has 5 nitrogen and oxygen atoms in total. The number of urea groups is 1. The van der Waals surface area contributed by atoms with E-state index in [-0.39, 0.29) is 24.9 Å². The molecule has 0 aromatic heterocycles. The van der Waals surface area contributed by atoms with Gasteiger partial charge in [-0.05, 0) is 12.8 Å². The summed E-state index contributed by atoms with van der Waals surface area (Å²) in [6.45, 7) is 3.36. The first kappa shape index (κ1) is 26.3. The van der Waals surface area contributed by atoms with Gasteiger partial charge in [0.2, 0.25) is 0 Å². The molecule has 25 heavy (non-hydrogen) atoms. The first-order valence-electron chi connectivity index (χ1n) is 9.90. The van der Waals surface area contributed by atoms with Crippen molar-refractivity contribution in [2.45, 2.75) is 96.8 Å². The number of carboxylic acid groups (broad SMARTS) is 1. The molecule has 0 aliphatic rings. The Morgan fingerprint density at radius 3 is 1.52 bits per heavy atom. The zero-order valence-electron chi connectivity index (χ0n) is 16.0. The van der Waals surface area contributed by atoms with Crippen LogP contribution in [0.3, 0.4) is 0 Å². The van der Waals surface area contributed by atoms with Gasteiger partial charge in [-0.2, -0.15) is 0 Å². The maximum atomic E-state index is 11.4. The quantitative estimate of drug-likeness (QED) is 0.301. The van der Waals surface area contributed by atoms with Crippen molar-refractivity contribution >= 4 is 24.4 Å². The van der Waals surface area contributed by atoms with E-state index in [1.54, 1.807) is 0 Å². The SMILES string of the molecule is CCCCCCCCCCCCCCNC(=O)NCCCC(=O)O.Cl. The van der Waals surface area contributed by atoms with E-state index in [0.717, 1.165) is 12.8 Å². The van der Waals surface area contributed by atoms with Gasteiger partial charge in [-0.25, -0.2) is 4.79 Å². The lowest BCUT2D eigenvalue weighted by Gasteiger charge is -2.07. The molecule has 0 rings (SSSR count). The summed E-state index contributed by atoms with van der Waals surface area (Å²) in [6, 6.07) is -0.191. The predicted octanol–water partition coefficient (Wildman–Crippen LogP) is 5.27. The normalized spacial score (nSPS) is 10.1. The van der Waals surface area contributed by atoms with Crippen LogP contribution in [-0.4, -0.2) is 30.2 Å². The van der Waals surface area contributed by atoms with Crippen molar-refractivity contribution in [2.75, 3.05) is 13.1 Å². The molecule has 0 saturated heterocycles. The average molecular weight is 379 g/mol. The van der Waals surface area contributed by atoms with Crippen molar-refractivity contribution in [1.29, 1.82) is 0 Å². The van der Waals surface area contributed by atoms with Gasteiger partial charge in [-0.3, -0.25) is 4.79 Å². The van der Waals surface area contributed by atoms with Gasteiger partial charge in [0.15, 0.2) is 0 Å². The molecule has 0 aliphatic carbocycles. The van der Waals surface area contributed by atoms with Crippen molar-refractivity contribution in [3.8, 4) is 0 Å². The second kappa shape index (κ2) is 21.1. The number of carbonyl (C=O) groups is 2. The lowest BCUT2D eigenvalue weighted by molar-refractivity contribution is -0.137. The Kier molecular flexibility index (Phi) is 22.1. The molecule has 6 heteroatoms. The van der Waals surface area contributed by atoms with Gasteiger partial charge in [0.05, 0.1) is 0 Å². The Morgan fingerprint density at radius 1 is 0.680 bits per heavy atom.